The van der Waals surface area contributed by atoms with Crippen molar-refractivity contribution in [2.24, 2.45) is 16.8 Å². The molecule has 2 aliphatic rings. The smallest absolute Gasteiger partial charge is 0.292 e. The van der Waals surface area contributed by atoms with Crippen LogP contribution in [0.1, 0.15) is 18.9 Å². The van der Waals surface area contributed by atoms with Crippen molar-refractivity contribution in [2.75, 3.05) is 5.73 Å². The fourth-order valence-corrected chi connectivity index (χ4v) is 4.38. The van der Waals surface area contributed by atoms with Crippen LogP contribution in [0.2, 0.25) is 0 Å². The van der Waals surface area contributed by atoms with Gasteiger partial charge in [-0.2, -0.15) is 0 Å². The molecule has 0 radical (unpaired) electrons. The van der Waals surface area contributed by atoms with E-state index in [4.69, 9.17) is 10.7 Å². The number of rotatable bonds is 4. The Morgan fingerprint density at radius 3 is 2.00 bits per heavy atom. The molecular weight excluding hydrogens is 438 g/mol. The zero-order chi connectivity index (χ0) is 24.4. The van der Waals surface area contributed by atoms with E-state index in [2.05, 4.69) is 47.2 Å². The first-order valence-electron chi connectivity index (χ1n) is 11.5. The Balaban J connectivity index is 0.000000148. The molecule has 2 N–H and O–H groups in total. The van der Waals surface area contributed by atoms with E-state index in [0.717, 1.165) is 29.4 Å². The SMILES string of the molecule is CC1CC1C1=Nc2ccc(-c3ccncc3)cc2C1.Nc1ccc(-c2ccncc2)cc1[N+](=O)[O-]. The van der Waals surface area contributed by atoms with Gasteiger partial charge in [-0.05, 0) is 82.6 Å². The molecule has 0 saturated heterocycles. The van der Waals surface area contributed by atoms with Gasteiger partial charge in [0, 0.05) is 48.9 Å². The first kappa shape index (κ1) is 22.4. The van der Waals surface area contributed by atoms with Crippen molar-refractivity contribution < 1.29 is 4.92 Å². The summed E-state index contributed by atoms with van der Waals surface area (Å²) in [5, 5.41) is 10.7. The molecule has 2 aromatic carbocycles. The lowest BCUT2D eigenvalue weighted by Crippen LogP contribution is -2.01. The largest absolute Gasteiger partial charge is 0.393 e. The Bertz CT molecular complexity index is 1400. The molecule has 2 unspecified atom stereocenters. The van der Waals surface area contributed by atoms with E-state index in [1.54, 1.807) is 30.6 Å². The molecule has 1 aliphatic heterocycles. The number of anilines is 1. The summed E-state index contributed by atoms with van der Waals surface area (Å²) < 4.78 is 0. The molecule has 7 heteroatoms. The third-order valence-electron chi connectivity index (χ3n) is 6.51. The second-order valence-electron chi connectivity index (χ2n) is 8.95. The van der Waals surface area contributed by atoms with Crippen LogP contribution in [0.3, 0.4) is 0 Å². The summed E-state index contributed by atoms with van der Waals surface area (Å²) >= 11 is 0. The van der Waals surface area contributed by atoms with Crippen molar-refractivity contribution in [1.29, 1.82) is 0 Å². The fourth-order valence-electron chi connectivity index (χ4n) is 4.38. The zero-order valence-electron chi connectivity index (χ0n) is 19.3. The standard InChI is InChI=1S/C17H16N2.C11H9N3O2/c1-11-8-15(11)17-10-14-9-13(2-3-16(14)19-17)12-4-6-18-7-5-12;12-10-2-1-9(7-11(10)14(15)16)8-3-5-13-6-4-8/h2-7,9,11,15H,8,10H2,1H3;1-7H,12H2. The van der Waals surface area contributed by atoms with Crippen LogP contribution < -0.4 is 5.73 Å². The number of nitrogen functional groups attached to an aromatic ring is 1. The zero-order valence-corrected chi connectivity index (χ0v) is 19.3. The summed E-state index contributed by atoms with van der Waals surface area (Å²) in [6.07, 6.45) is 9.33. The number of pyridine rings is 2. The van der Waals surface area contributed by atoms with Crippen LogP contribution in [0, 0.1) is 22.0 Å². The number of aliphatic imine (C=N–C) groups is 1. The van der Waals surface area contributed by atoms with Gasteiger partial charge in [0.15, 0.2) is 0 Å². The molecule has 0 spiro atoms. The Kier molecular flexibility index (Phi) is 6.06. The molecular formula is C28H25N5O2. The lowest BCUT2D eigenvalue weighted by atomic mass is 10.0. The summed E-state index contributed by atoms with van der Waals surface area (Å²) in [5.41, 5.74) is 13.7. The molecule has 0 bridgehead atoms. The van der Waals surface area contributed by atoms with Gasteiger partial charge in [-0.15, -0.1) is 0 Å². The Morgan fingerprint density at radius 2 is 1.43 bits per heavy atom. The Labute approximate surface area is 203 Å². The average Bonchev–Trinajstić information content (AvgIpc) is 3.47. The summed E-state index contributed by atoms with van der Waals surface area (Å²) in [4.78, 5) is 23.0. The number of hydrogen-bond acceptors (Lipinski definition) is 6. The Morgan fingerprint density at radius 1 is 0.857 bits per heavy atom. The normalized spacial score (nSPS) is 17.6. The number of fused-ring (bicyclic) bond motifs is 1. The van der Waals surface area contributed by atoms with E-state index in [0.29, 0.717) is 0 Å². The summed E-state index contributed by atoms with van der Waals surface area (Å²) in [6, 6.07) is 19.0. The van der Waals surface area contributed by atoms with E-state index in [9.17, 15) is 10.1 Å². The monoisotopic (exact) mass is 463 g/mol. The average molecular weight is 464 g/mol. The van der Waals surface area contributed by atoms with Crippen molar-refractivity contribution in [2.45, 2.75) is 19.8 Å². The van der Waals surface area contributed by atoms with E-state index in [-0.39, 0.29) is 11.4 Å². The number of hydrogen-bond donors (Lipinski definition) is 1. The van der Waals surface area contributed by atoms with E-state index >= 15 is 0 Å². The lowest BCUT2D eigenvalue weighted by molar-refractivity contribution is -0.383. The number of nitro groups is 1. The van der Waals surface area contributed by atoms with Crippen molar-refractivity contribution in [3.05, 3.63) is 101 Å². The number of nitrogens with zero attached hydrogens (tertiary/aromatic N) is 4. The molecule has 1 fully saturated rings. The van der Waals surface area contributed by atoms with Crippen LogP contribution in [0.25, 0.3) is 22.3 Å². The first-order valence-corrected chi connectivity index (χ1v) is 11.5. The predicted octanol–water partition coefficient (Wildman–Crippen LogP) is 6.27. The number of nitrogens with two attached hydrogens (primary N) is 1. The lowest BCUT2D eigenvalue weighted by Gasteiger charge is -2.03. The van der Waals surface area contributed by atoms with Crippen molar-refractivity contribution >= 4 is 22.8 Å². The van der Waals surface area contributed by atoms with Gasteiger partial charge < -0.3 is 5.73 Å². The predicted molar refractivity (Wildman–Crippen MR) is 138 cm³/mol. The maximum Gasteiger partial charge on any atom is 0.292 e. The fraction of sp³-hybridized carbons (Fsp3) is 0.179. The van der Waals surface area contributed by atoms with Crippen LogP contribution in [-0.4, -0.2) is 20.6 Å². The van der Waals surface area contributed by atoms with Gasteiger partial charge in [-0.1, -0.05) is 19.1 Å². The van der Waals surface area contributed by atoms with Gasteiger partial charge in [-0.25, -0.2) is 0 Å². The minimum absolute atomic E-state index is 0.0747. The summed E-state index contributed by atoms with van der Waals surface area (Å²) in [6.45, 7) is 2.32. The molecule has 2 aromatic heterocycles. The quantitative estimate of drug-likeness (QED) is 0.218. The second kappa shape index (κ2) is 9.46. The highest BCUT2D eigenvalue weighted by atomic mass is 16.6. The molecule has 3 heterocycles. The van der Waals surface area contributed by atoms with Gasteiger partial charge in [0.25, 0.3) is 5.69 Å². The third-order valence-corrected chi connectivity index (χ3v) is 6.51. The van der Waals surface area contributed by atoms with Crippen molar-refractivity contribution in [3.8, 4) is 22.3 Å². The molecule has 1 saturated carbocycles. The first-order chi connectivity index (χ1) is 17.0. The molecule has 174 valence electrons. The van der Waals surface area contributed by atoms with E-state index in [1.807, 2.05) is 12.4 Å². The third kappa shape index (κ3) is 4.94. The molecule has 7 nitrogen and oxygen atoms in total. The van der Waals surface area contributed by atoms with Crippen molar-refractivity contribution in [3.63, 3.8) is 0 Å². The summed E-state index contributed by atoms with van der Waals surface area (Å²) in [5.74, 6) is 1.59. The molecule has 4 aromatic rings. The highest BCUT2D eigenvalue weighted by Crippen LogP contribution is 2.44. The summed E-state index contributed by atoms with van der Waals surface area (Å²) in [7, 11) is 0. The number of benzene rings is 2. The maximum absolute atomic E-state index is 10.7. The highest BCUT2D eigenvalue weighted by molar-refractivity contribution is 5.97. The van der Waals surface area contributed by atoms with Crippen LogP contribution in [0.5, 0.6) is 0 Å². The van der Waals surface area contributed by atoms with Gasteiger partial charge in [-0.3, -0.25) is 25.1 Å². The minimum atomic E-state index is -0.486. The molecule has 1 aliphatic carbocycles. The second-order valence-corrected chi connectivity index (χ2v) is 8.95. The van der Waals surface area contributed by atoms with Crippen LogP contribution in [0.4, 0.5) is 17.1 Å². The van der Waals surface area contributed by atoms with Crippen LogP contribution in [0.15, 0.2) is 90.4 Å². The number of nitro benzene ring substituents is 1. The minimum Gasteiger partial charge on any atom is -0.393 e. The van der Waals surface area contributed by atoms with Gasteiger partial charge in [0.1, 0.15) is 5.69 Å². The number of aromatic nitrogens is 2. The maximum atomic E-state index is 10.7. The van der Waals surface area contributed by atoms with Gasteiger partial charge >= 0.3 is 0 Å². The topological polar surface area (TPSA) is 107 Å². The molecule has 35 heavy (non-hydrogen) atoms. The van der Waals surface area contributed by atoms with Crippen molar-refractivity contribution in [1.82, 2.24) is 9.97 Å². The molecule has 0 amide bonds. The molecule has 2 atom stereocenters. The Hall–Kier alpha value is -4.39. The van der Waals surface area contributed by atoms with Crippen LogP contribution >= 0.6 is 0 Å². The van der Waals surface area contributed by atoms with Crippen LogP contribution in [-0.2, 0) is 6.42 Å². The van der Waals surface area contributed by atoms with Gasteiger partial charge in [0.05, 0.1) is 10.6 Å². The van der Waals surface area contributed by atoms with E-state index < -0.39 is 4.92 Å². The highest BCUT2D eigenvalue weighted by Gasteiger charge is 2.38. The van der Waals surface area contributed by atoms with E-state index in [1.165, 1.54) is 46.6 Å². The molecule has 6 rings (SSSR count). The van der Waals surface area contributed by atoms with Gasteiger partial charge in [0.2, 0.25) is 0 Å².